The summed E-state index contributed by atoms with van der Waals surface area (Å²) in [5.74, 6) is 1.78. The van der Waals surface area contributed by atoms with Crippen molar-refractivity contribution in [2.24, 2.45) is 5.10 Å². The van der Waals surface area contributed by atoms with Crippen LogP contribution in [0.15, 0.2) is 47.6 Å². The summed E-state index contributed by atoms with van der Waals surface area (Å²) in [6.07, 6.45) is 1.67. The van der Waals surface area contributed by atoms with E-state index >= 15 is 0 Å². The van der Waals surface area contributed by atoms with Crippen LogP contribution in [-0.2, 0) is 6.61 Å². The largest absolute Gasteiger partial charge is 0.497 e. The predicted octanol–water partition coefficient (Wildman–Crippen LogP) is 4.72. The second-order valence-corrected chi connectivity index (χ2v) is 6.37. The fourth-order valence-corrected chi connectivity index (χ4v) is 2.75. The zero-order valence-electron chi connectivity index (χ0n) is 13.6. The Balaban J connectivity index is 1.75. The van der Waals surface area contributed by atoms with Gasteiger partial charge in [0.2, 0.25) is 4.77 Å². The van der Waals surface area contributed by atoms with Crippen LogP contribution in [0.25, 0.3) is 0 Å². The third kappa shape index (κ3) is 4.43. The van der Waals surface area contributed by atoms with Crippen molar-refractivity contribution in [2.75, 3.05) is 7.11 Å². The van der Waals surface area contributed by atoms with Gasteiger partial charge in [0.1, 0.15) is 18.1 Å². The molecular weight excluding hydrogens is 395 g/mol. The summed E-state index contributed by atoms with van der Waals surface area (Å²) in [5.41, 5.74) is 0.890. The number of hydrogen-bond donors (Lipinski definition) is 1. The van der Waals surface area contributed by atoms with Crippen molar-refractivity contribution in [2.45, 2.75) is 6.61 Å². The van der Waals surface area contributed by atoms with Gasteiger partial charge in [0.05, 0.1) is 18.3 Å². The Morgan fingerprint density at radius 3 is 2.69 bits per heavy atom. The van der Waals surface area contributed by atoms with Crippen molar-refractivity contribution < 1.29 is 9.47 Å². The summed E-state index contributed by atoms with van der Waals surface area (Å²) in [4.78, 5) is 0. The van der Waals surface area contributed by atoms with Crippen LogP contribution in [0.2, 0.25) is 10.0 Å². The van der Waals surface area contributed by atoms with Crippen LogP contribution in [0.4, 0.5) is 0 Å². The highest BCUT2D eigenvalue weighted by molar-refractivity contribution is 7.71. The van der Waals surface area contributed by atoms with Gasteiger partial charge >= 0.3 is 0 Å². The number of methoxy groups -OCH3 is 1. The van der Waals surface area contributed by atoms with Crippen molar-refractivity contribution in [1.29, 1.82) is 0 Å². The van der Waals surface area contributed by atoms with Crippen LogP contribution < -0.4 is 9.47 Å². The van der Waals surface area contributed by atoms with Gasteiger partial charge in [0.15, 0.2) is 5.82 Å². The monoisotopic (exact) mass is 408 g/mol. The van der Waals surface area contributed by atoms with E-state index in [0.717, 1.165) is 11.3 Å². The molecule has 6 nitrogen and oxygen atoms in total. The molecule has 0 unspecified atom stereocenters. The van der Waals surface area contributed by atoms with Crippen LogP contribution in [-0.4, -0.2) is 28.2 Å². The molecule has 0 bridgehead atoms. The van der Waals surface area contributed by atoms with Gasteiger partial charge in [-0.2, -0.15) is 14.9 Å². The summed E-state index contributed by atoms with van der Waals surface area (Å²) in [6.45, 7) is 0.133. The number of benzene rings is 2. The van der Waals surface area contributed by atoms with Gasteiger partial charge in [-0.1, -0.05) is 23.2 Å². The fourth-order valence-electron chi connectivity index (χ4n) is 2.09. The van der Waals surface area contributed by atoms with Crippen molar-refractivity contribution in [3.8, 4) is 11.5 Å². The maximum absolute atomic E-state index is 6.10. The van der Waals surface area contributed by atoms with Gasteiger partial charge in [-0.25, -0.2) is 5.10 Å². The lowest BCUT2D eigenvalue weighted by Gasteiger charge is -2.07. The number of H-pyrrole nitrogens is 1. The number of nitrogens with zero attached hydrogens (tertiary/aromatic N) is 3. The second kappa shape index (κ2) is 8.35. The quantitative estimate of drug-likeness (QED) is 0.473. The molecule has 0 amide bonds. The summed E-state index contributed by atoms with van der Waals surface area (Å²) in [5, 5.41) is 12.1. The van der Waals surface area contributed by atoms with Crippen LogP contribution >= 0.6 is 35.4 Å². The Hall–Kier alpha value is -2.35. The molecule has 0 saturated heterocycles. The molecule has 3 rings (SSSR count). The maximum atomic E-state index is 6.10. The van der Waals surface area contributed by atoms with E-state index in [1.807, 2.05) is 24.3 Å². The smallest absolute Gasteiger partial charge is 0.216 e. The molecule has 0 fully saturated rings. The van der Waals surface area contributed by atoms with E-state index in [1.165, 1.54) is 4.68 Å². The van der Waals surface area contributed by atoms with Crippen molar-refractivity contribution in [3.63, 3.8) is 0 Å². The normalized spacial score (nSPS) is 11.0. The molecule has 1 heterocycles. The molecule has 2 aromatic carbocycles. The van der Waals surface area contributed by atoms with Gasteiger partial charge in [-0.05, 0) is 60.2 Å². The molecule has 1 aromatic heterocycles. The van der Waals surface area contributed by atoms with Gasteiger partial charge < -0.3 is 9.47 Å². The summed E-state index contributed by atoms with van der Waals surface area (Å²) < 4.78 is 12.7. The first-order valence-electron chi connectivity index (χ1n) is 7.49. The minimum absolute atomic E-state index is 0.133. The van der Waals surface area contributed by atoms with Gasteiger partial charge in [0, 0.05) is 5.02 Å². The molecule has 0 spiro atoms. The lowest BCUT2D eigenvalue weighted by atomic mass is 10.2. The molecule has 0 atom stereocenters. The minimum Gasteiger partial charge on any atom is -0.497 e. The Morgan fingerprint density at radius 2 is 2.00 bits per heavy atom. The molecule has 0 aliphatic rings. The highest BCUT2D eigenvalue weighted by atomic mass is 35.5. The number of aromatic amines is 1. The van der Waals surface area contributed by atoms with Crippen LogP contribution in [0.1, 0.15) is 11.4 Å². The van der Waals surface area contributed by atoms with Crippen LogP contribution in [0.5, 0.6) is 11.5 Å². The van der Waals surface area contributed by atoms with Crippen molar-refractivity contribution >= 4 is 41.6 Å². The average molecular weight is 409 g/mol. The third-order valence-corrected chi connectivity index (χ3v) is 4.20. The van der Waals surface area contributed by atoms with Gasteiger partial charge in [0.25, 0.3) is 0 Å². The highest BCUT2D eigenvalue weighted by Crippen LogP contribution is 2.28. The lowest BCUT2D eigenvalue weighted by molar-refractivity contribution is 0.291. The molecule has 0 saturated carbocycles. The van der Waals surface area contributed by atoms with E-state index in [1.54, 1.807) is 31.5 Å². The fraction of sp³-hybridized carbons (Fsp3) is 0.118. The zero-order valence-corrected chi connectivity index (χ0v) is 16.0. The number of nitrogens with one attached hydrogen (secondary N) is 1. The molecule has 1 N–H and O–H groups in total. The van der Waals surface area contributed by atoms with E-state index in [4.69, 9.17) is 44.9 Å². The number of hydrogen-bond acceptors (Lipinski definition) is 5. The van der Waals surface area contributed by atoms with Crippen molar-refractivity contribution in [1.82, 2.24) is 14.9 Å². The van der Waals surface area contributed by atoms with E-state index in [2.05, 4.69) is 15.3 Å². The summed E-state index contributed by atoms with van der Waals surface area (Å²) in [7, 11) is 1.62. The molecule has 0 aliphatic carbocycles. The van der Waals surface area contributed by atoms with E-state index < -0.39 is 0 Å². The first-order chi connectivity index (χ1) is 12.6. The number of halogens is 2. The van der Waals surface area contributed by atoms with Crippen LogP contribution in [0, 0.1) is 4.77 Å². The number of aromatic nitrogens is 3. The molecular formula is C17H14Cl2N4O2S. The average Bonchev–Trinajstić information content (AvgIpc) is 2.99. The molecule has 0 radical (unpaired) electrons. The summed E-state index contributed by atoms with van der Waals surface area (Å²) in [6, 6.07) is 12.5. The Bertz CT molecular complexity index is 983. The molecule has 134 valence electrons. The Morgan fingerprint density at radius 1 is 1.23 bits per heavy atom. The Labute approximate surface area is 165 Å². The molecule has 0 aliphatic heterocycles. The van der Waals surface area contributed by atoms with E-state index in [-0.39, 0.29) is 6.61 Å². The zero-order chi connectivity index (χ0) is 18.5. The SMILES string of the molecule is COc1ccc(/C=N/n2c(COc3ccc(Cl)cc3Cl)n[nH]c2=S)cc1. The molecule has 9 heteroatoms. The second-order valence-electron chi connectivity index (χ2n) is 5.14. The number of ether oxygens (including phenoxy) is 2. The maximum Gasteiger partial charge on any atom is 0.216 e. The molecule has 26 heavy (non-hydrogen) atoms. The van der Waals surface area contributed by atoms with Gasteiger partial charge in [-0.3, -0.25) is 0 Å². The minimum atomic E-state index is 0.133. The van der Waals surface area contributed by atoms with E-state index in [0.29, 0.717) is 26.4 Å². The molecule has 3 aromatic rings. The van der Waals surface area contributed by atoms with E-state index in [9.17, 15) is 0 Å². The number of rotatable bonds is 6. The predicted molar refractivity (Wildman–Crippen MR) is 104 cm³/mol. The van der Waals surface area contributed by atoms with Gasteiger partial charge in [-0.15, -0.1) is 0 Å². The first kappa shape index (κ1) is 18.4. The third-order valence-electron chi connectivity index (χ3n) is 3.41. The topological polar surface area (TPSA) is 64.4 Å². The Kier molecular flexibility index (Phi) is 5.92. The van der Waals surface area contributed by atoms with Crippen LogP contribution in [0.3, 0.4) is 0 Å². The standard InChI is InChI=1S/C17H14Cl2N4O2S/c1-24-13-5-2-11(3-6-13)9-20-23-16(21-22-17(23)26)10-25-15-7-4-12(18)8-14(15)19/h2-9H,10H2,1H3,(H,22,26)/b20-9+. The first-order valence-corrected chi connectivity index (χ1v) is 8.66. The highest BCUT2D eigenvalue weighted by Gasteiger charge is 2.08. The summed E-state index contributed by atoms with van der Waals surface area (Å²) >= 11 is 17.2. The lowest BCUT2D eigenvalue weighted by Crippen LogP contribution is -2.04. The van der Waals surface area contributed by atoms with Crippen molar-refractivity contribution in [3.05, 3.63) is 68.7 Å².